The number of anilines is 1. The molecule has 0 unspecified atom stereocenters. The van der Waals surface area contributed by atoms with Crippen LogP contribution < -0.4 is 10.1 Å². The molecule has 0 atom stereocenters. The second kappa shape index (κ2) is 4.42. The highest BCUT2D eigenvalue weighted by Crippen LogP contribution is 2.23. The van der Waals surface area contributed by atoms with Gasteiger partial charge in [0.25, 0.3) is 0 Å². The third kappa shape index (κ3) is 3.15. The molecule has 1 aromatic rings. The molecule has 88 valence electrons. The Labute approximate surface area is 90.2 Å². The fourth-order valence-electron chi connectivity index (χ4n) is 1.14. The highest BCUT2D eigenvalue weighted by molar-refractivity contribution is 5.95. The van der Waals surface area contributed by atoms with Crippen LogP contribution in [0, 0.1) is 6.92 Å². The zero-order valence-electron chi connectivity index (χ0n) is 8.68. The number of rotatable bonds is 2. The summed E-state index contributed by atoms with van der Waals surface area (Å²) in [7, 11) is 1.39. The molecule has 0 aliphatic carbocycles. The molecule has 0 spiro atoms. The van der Waals surface area contributed by atoms with Crippen LogP contribution in [-0.2, 0) is 4.79 Å². The summed E-state index contributed by atoms with van der Waals surface area (Å²) in [5.41, 5.74) is 0.746. The SMILES string of the molecule is COc1cc(C)cc(NC(=O)C(F)(F)F)c1. The number of amides is 1. The summed E-state index contributed by atoms with van der Waals surface area (Å²) in [5, 5.41) is 1.75. The quantitative estimate of drug-likeness (QED) is 0.852. The number of methoxy groups -OCH3 is 1. The Morgan fingerprint density at radius 1 is 1.31 bits per heavy atom. The van der Waals surface area contributed by atoms with Crippen molar-refractivity contribution in [2.24, 2.45) is 0 Å². The van der Waals surface area contributed by atoms with Crippen molar-refractivity contribution < 1.29 is 22.7 Å². The molecule has 0 saturated heterocycles. The lowest BCUT2D eigenvalue weighted by molar-refractivity contribution is -0.167. The molecule has 1 rings (SSSR count). The van der Waals surface area contributed by atoms with Crippen LogP contribution in [0.5, 0.6) is 5.75 Å². The van der Waals surface area contributed by atoms with Crippen LogP contribution in [0.1, 0.15) is 5.56 Å². The molecular formula is C10H10F3NO2. The lowest BCUT2D eigenvalue weighted by atomic mass is 10.2. The third-order valence-corrected chi connectivity index (χ3v) is 1.80. The van der Waals surface area contributed by atoms with Crippen molar-refractivity contribution in [2.45, 2.75) is 13.1 Å². The van der Waals surface area contributed by atoms with Gasteiger partial charge >= 0.3 is 12.1 Å². The molecule has 16 heavy (non-hydrogen) atoms. The molecule has 0 aliphatic heterocycles. The maximum atomic E-state index is 12.0. The minimum absolute atomic E-state index is 0.0548. The number of hydrogen-bond acceptors (Lipinski definition) is 2. The normalized spacial score (nSPS) is 11.1. The van der Waals surface area contributed by atoms with Gasteiger partial charge in [-0.1, -0.05) is 0 Å². The molecule has 1 N–H and O–H groups in total. The summed E-state index contributed by atoms with van der Waals surface area (Å²) in [6.45, 7) is 1.69. The lowest BCUT2D eigenvalue weighted by Crippen LogP contribution is -2.29. The third-order valence-electron chi connectivity index (χ3n) is 1.80. The molecule has 0 saturated carbocycles. The van der Waals surface area contributed by atoms with Crippen LogP contribution in [0.4, 0.5) is 18.9 Å². The first-order valence-corrected chi connectivity index (χ1v) is 4.37. The molecular weight excluding hydrogens is 223 g/mol. The predicted octanol–water partition coefficient (Wildman–Crippen LogP) is 2.50. The van der Waals surface area contributed by atoms with Crippen molar-refractivity contribution in [1.29, 1.82) is 0 Å². The van der Waals surface area contributed by atoms with Gasteiger partial charge in [-0.2, -0.15) is 13.2 Å². The van der Waals surface area contributed by atoms with Crippen LogP contribution in [0.2, 0.25) is 0 Å². The number of ether oxygens (including phenoxy) is 1. The first-order chi connectivity index (χ1) is 7.32. The van der Waals surface area contributed by atoms with Gasteiger partial charge < -0.3 is 10.1 Å². The number of benzene rings is 1. The second-order valence-corrected chi connectivity index (χ2v) is 3.19. The van der Waals surface area contributed by atoms with Crippen molar-refractivity contribution in [2.75, 3.05) is 12.4 Å². The van der Waals surface area contributed by atoms with Crippen LogP contribution in [0.15, 0.2) is 18.2 Å². The molecule has 6 heteroatoms. The fraction of sp³-hybridized carbons (Fsp3) is 0.300. The van der Waals surface area contributed by atoms with E-state index in [1.165, 1.54) is 19.2 Å². The van der Waals surface area contributed by atoms with Crippen LogP contribution in [0.25, 0.3) is 0 Å². The Morgan fingerprint density at radius 3 is 2.44 bits per heavy atom. The number of alkyl halides is 3. The zero-order chi connectivity index (χ0) is 12.3. The van der Waals surface area contributed by atoms with E-state index in [1.807, 2.05) is 0 Å². The van der Waals surface area contributed by atoms with E-state index < -0.39 is 12.1 Å². The first-order valence-electron chi connectivity index (χ1n) is 4.37. The van der Waals surface area contributed by atoms with Gasteiger partial charge in [0.1, 0.15) is 5.75 Å². The van der Waals surface area contributed by atoms with Gasteiger partial charge in [-0.15, -0.1) is 0 Å². The molecule has 0 fully saturated rings. The van der Waals surface area contributed by atoms with E-state index in [2.05, 4.69) is 0 Å². The Kier molecular flexibility index (Phi) is 3.41. The van der Waals surface area contributed by atoms with Crippen molar-refractivity contribution in [1.82, 2.24) is 0 Å². The number of aryl methyl sites for hydroxylation is 1. The smallest absolute Gasteiger partial charge is 0.471 e. The average molecular weight is 233 g/mol. The zero-order valence-corrected chi connectivity index (χ0v) is 8.68. The second-order valence-electron chi connectivity index (χ2n) is 3.19. The average Bonchev–Trinajstić information content (AvgIpc) is 2.15. The van der Waals surface area contributed by atoms with Gasteiger partial charge in [0.15, 0.2) is 0 Å². The molecule has 1 amide bonds. The highest BCUT2D eigenvalue weighted by atomic mass is 19.4. The summed E-state index contributed by atoms with van der Waals surface area (Å²) in [5.74, 6) is -1.61. The van der Waals surface area contributed by atoms with Gasteiger partial charge in [-0.25, -0.2) is 0 Å². The molecule has 0 aliphatic rings. The first kappa shape index (κ1) is 12.4. The van der Waals surface area contributed by atoms with E-state index in [-0.39, 0.29) is 5.69 Å². The van der Waals surface area contributed by atoms with E-state index in [9.17, 15) is 18.0 Å². The van der Waals surface area contributed by atoms with Gasteiger partial charge in [0.2, 0.25) is 0 Å². The minimum Gasteiger partial charge on any atom is -0.497 e. The molecule has 1 aromatic carbocycles. The predicted molar refractivity (Wildman–Crippen MR) is 52.4 cm³/mol. The number of hydrogen-bond donors (Lipinski definition) is 1. The summed E-state index contributed by atoms with van der Waals surface area (Å²) in [6.07, 6.45) is -4.89. The molecule has 3 nitrogen and oxygen atoms in total. The molecule has 0 radical (unpaired) electrons. The molecule has 0 aromatic heterocycles. The lowest BCUT2D eigenvalue weighted by Gasteiger charge is -2.10. The van der Waals surface area contributed by atoms with E-state index in [0.717, 1.165) is 0 Å². The van der Waals surface area contributed by atoms with Crippen molar-refractivity contribution in [3.8, 4) is 5.75 Å². The minimum atomic E-state index is -4.89. The highest BCUT2D eigenvalue weighted by Gasteiger charge is 2.38. The van der Waals surface area contributed by atoms with E-state index >= 15 is 0 Å². The van der Waals surface area contributed by atoms with Crippen LogP contribution in [0.3, 0.4) is 0 Å². The number of carbonyl (C=O) groups excluding carboxylic acids is 1. The number of halogens is 3. The van der Waals surface area contributed by atoms with Crippen molar-refractivity contribution in [3.63, 3.8) is 0 Å². The van der Waals surface area contributed by atoms with Gasteiger partial charge in [-0.3, -0.25) is 4.79 Å². The summed E-state index contributed by atoms with van der Waals surface area (Å²) < 4.78 is 40.8. The number of nitrogens with one attached hydrogen (secondary N) is 1. The standard InChI is InChI=1S/C10H10F3NO2/c1-6-3-7(5-8(4-6)16-2)14-9(15)10(11,12)13/h3-5H,1-2H3,(H,14,15). The van der Waals surface area contributed by atoms with Crippen molar-refractivity contribution in [3.05, 3.63) is 23.8 Å². The Morgan fingerprint density at radius 2 is 1.94 bits per heavy atom. The summed E-state index contributed by atoms with van der Waals surface area (Å²) >= 11 is 0. The maximum Gasteiger partial charge on any atom is 0.471 e. The van der Waals surface area contributed by atoms with E-state index in [1.54, 1.807) is 18.3 Å². The van der Waals surface area contributed by atoms with E-state index in [0.29, 0.717) is 11.3 Å². The maximum absolute atomic E-state index is 12.0. The largest absolute Gasteiger partial charge is 0.497 e. The summed E-state index contributed by atoms with van der Waals surface area (Å²) in [6, 6.07) is 4.38. The summed E-state index contributed by atoms with van der Waals surface area (Å²) in [4.78, 5) is 10.7. The Hall–Kier alpha value is -1.72. The fourth-order valence-corrected chi connectivity index (χ4v) is 1.14. The van der Waals surface area contributed by atoms with E-state index in [4.69, 9.17) is 4.74 Å². The van der Waals surface area contributed by atoms with Gasteiger partial charge in [-0.05, 0) is 24.6 Å². The Bertz CT molecular complexity index is 402. The topological polar surface area (TPSA) is 38.3 Å². The van der Waals surface area contributed by atoms with Crippen molar-refractivity contribution >= 4 is 11.6 Å². The Balaban J connectivity index is 2.89. The monoisotopic (exact) mass is 233 g/mol. The molecule has 0 bridgehead atoms. The van der Waals surface area contributed by atoms with Gasteiger partial charge in [0, 0.05) is 11.8 Å². The number of carbonyl (C=O) groups is 1. The van der Waals surface area contributed by atoms with Gasteiger partial charge in [0.05, 0.1) is 7.11 Å². The molecule has 0 heterocycles. The van der Waals surface area contributed by atoms with Crippen LogP contribution in [-0.4, -0.2) is 19.2 Å². The van der Waals surface area contributed by atoms with Crippen LogP contribution >= 0.6 is 0 Å².